The maximum absolute atomic E-state index is 12.4. The molecule has 0 aliphatic carbocycles. The van der Waals surface area contributed by atoms with Crippen molar-refractivity contribution in [1.29, 1.82) is 5.26 Å². The van der Waals surface area contributed by atoms with Crippen molar-refractivity contribution in [3.8, 4) is 6.07 Å². The number of amides is 1. The van der Waals surface area contributed by atoms with E-state index in [2.05, 4.69) is 6.07 Å². The van der Waals surface area contributed by atoms with E-state index in [1.54, 1.807) is 19.1 Å². The first-order valence-corrected chi connectivity index (χ1v) is 6.01. The summed E-state index contributed by atoms with van der Waals surface area (Å²) in [6.07, 6.45) is 1.38. The summed E-state index contributed by atoms with van der Waals surface area (Å²) in [5.41, 5.74) is 0.340. The fraction of sp³-hybridized carbons (Fsp3) is 0.385. The van der Waals surface area contributed by atoms with Gasteiger partial charge in [0, 0.05) is 12.1 Å². The topological polar surface area (TPSA) is 87.2 Å². The number of hydrogen-bond donors (Lipinski definition) is 0. The molecule has 1 atom stereocenters. The molecule has 1 saturated heterocycles. The standard InChI is InChI=1S/C13H13N3O3/c1-9-4-2-6-11(12(9)16(18)19)13(17)15-7-3-5-10(15)8-14/h2,4,6,10H,3,5,7H2,1H3. The summed E-state index contributed by atoms with van der Waals surface area (Å²) in [7, 11) is 0. The number of benzene rings is 1. The number of carbonyl (C=O) groups is 1. The molecule has 0 radical (unpaired) electrons. The zero-order valence-corrected chi connectivity index (χ0v) is 10.5. The van der Waals surface area contributed by atoms with Crippen molar-refractivity contribution < 1.29 is 9.72 Å². The van der Waals surface area contributed by atoms with Crippen LogP contribution in [-0.4, -0.2) is 28.3 Å². The molecule has 0 aromatic heterocycles. The van der Waals surface area contributed by atoms with Crippen molar-refractivity contribution in [2.45, 2.75) is 25.8 Å². The highest BCUT2D eigenvalue weighted by Gasteiger charge is 2.33. The van der Waals surface area contributed by atoms with E-state index in [0.29, 0.717) is 18.5 Å². The molecule has 1 unspecified atom stereocenters. The van der Waals surface area contributed by atoms with Crippen molar-refractivity contribution in [2.75, 3.05) is 6.54 Å². The smallest absolute Gasteiger partial charge is 0.285 e. The van der Waals surface area contributed by atoms with Crippen molar-refractivity contribution in [3.63, 3.8) is 0 Å². The Labute approximate surface area is 110 Å². The van der Waals surface area contributed by atoms with Crippen LogP contribution in [0, 0.1) is 28.4 Å². The second-order valence-electron chi connectivity index (χ2n) is 4.51. The fourth-order valence-corrected chi connectivity index (χ4v) is 2.37. The van der Waals surface area contributed by atoms with Crippen LogP contribution in [0.2, 0.25) is 0 Å². The van der Waals surface area contributed by atoms with Gasteiger partial charge in [0.25, 0.3) is 11.6 Å². The Morgan fingerprint density at radius 1 is 1.58 bits per heavy atom. The predicted octanol–water partition coefficient (Wildman–Crippen LogP) is 2.03. The van der Waals surface area contributed by atoms with Gasteiger partial charge < -0.3 is 4.90 Å². The van der Waals surface area contributed by atoms with Gasteiger partial charge in [0.2, 0.25) is 0 Å². The van der Waals surface area contributed by atoms with Crippen LogP contribution in [0.1, 0.15) is 28.8 Å². The Morgan fingerprint density at radius 3 is 2.95 bits per heavy atom. The molecule has 2 rings (SSSR count). The molecule has 6 heteroatoms. The van der Waals surface area contributed by atoms with Gasteiger partial charge in [-0.25, -0.2) is 0 Å². The van der Waals surface area contributed by atoms with Gasteiger partial charge in [-0.15, -0.1) is 0 Å². The number of para-hydroxylation sites is 1. The lowest BCUT2D eigenvalue weighted by atomic mass is 10.1. The SMILES string of the molecule is Cc1cccc(C(=O)N2CCCC2C#N)c1[N+](=O)[O-]. The minimum absolute atomic E-state index is 0.0622. The first-order valence-electron chi connectivity index (χ1n) is 6.01. The Bertz CT molecular complexity index is 577. The second kappa shape index (κ2) is 5.06. The molecule has 0 bridgehead atoms. The monoisotopic (exact) mass is 259 g/mol. The molecule has 1 aliphatic rings. The number of nitriles is 1. The number of aryl methyl sites for hydroxylation is 1. The van der Waals surface area contributed by atoms with E-state index < -0.39 is 16.9 Å². The minimum Gasteiger partial charge on any atom is -0.322 e. The summed E-state index contributed by atoms with van der Waals surface area (Å²) < 4.78 is 0. The van der Waals surface area contributed by atoms with Crippen LogP contribution < -0.4 is 0 Å². The molecular weight excluding hydrogens is 246 g/mol. The summed E-state index contributed by atoms with van der Waals surface area (Å²) in [6, 6.07) is 6.24. The van der Waals surface area contributed by atoms with E-state index in [1.165, 1.54) is 11.0 Å². The largest absolute Gasteiger partial charge is 0.322 e. The van der Waals surface area contributed by atoms with Crippen molar-refractivity contribution >= 4 is 11.6 Å². The molecule has 19 heavy (non-hydrogen) atoms. The number of nitro groups is 1. The number of hydrogen-bond acceptors (Lipinski definition) is 4. The Hall–Kier alpha value is -2.42. The number of nitrogens with zero attached hydrogens (tertiary/aromatic N) is 3. The molecule has 0 saturated carbocycles. The van der Waals surface area contributed by atoms with Gasteiger partial charge in [-0.3, -0.25) is 14.9 Å². The maximum Gasteiger partial charge on any atom is 0.285 e. The van der Waals surface area contributed by atoms with Crippen LogP contribution in [0.25, 0.3) is 0 Å². The van der Waals surface area contributed by atoms with Gasteiger partial charge in [-0.2, -0.15) is 5.26 Å². The van der Waals surface area contributed by atoms with E-state index in [1.807, 2.05) is 0 Å². The van der Waals surface area contributed by atoms with Crippen LogP contribution in [0.15, 0.2) is 18.2 Å². The Balaban J connectivity index is 2.43. The zero-order valence-electron chi connectivity index (χ0n) is 10.5. The zero-order chi connectivity index (χ0) is 14.0. The summed E-state index contributed by atoms with van der Waals surface area (Å²) in [5.74, 6) is -0.431. The van der Waals surface area contributed by atoms with E-state index >= 15 is 0 Å². The first-order chi connectivity index (χ1) is 9.06. The number of nitro benzene ring substituents is 1. The highest BCUT2D eigenvalue weighted by molar-refractivity contribution is 5.99. The highest BCUT2D eigenvalue weighted by Crippen LogP contribution is 2.27. The second-order valence-corrected chi connectivity index (χ2v) is 4.51. The molecule has 1 aliphatic heterocycles. The average molecular weight is 259 g/mol. The normalized spacial score (nSPS) is 18.1. The average Bonchev–Trinajstić information content (AvgIpc) is 2.85. The van der Waals surface area contributed by atoms with Gasteiger partial charge in [-0.05, 0) is 25.8 Å². The molecule has 98 valence electrons. The Morgan fingerprint density at radius 2 is 2.32 bits per heavy atom. The van der Waals surface area contributed by atoms with Crippen molar-refractivity contribution in [2.24, 2.45) is 0 Å². The molecular formula is C13H13N3O3. The fourth-order valence-electron chi connectivity index (χ4n) is 2.37. The van der Waals surface area contributed by atoms with Crippen LogP contribution in [0.5, 0.6) is 0 Å². The predicted molar refractivity (Wildman–Crippen MR) is 67.5 cm³/mol. The molecule has 1 amide bonds. The minimum atomic E-state index is -0.542. The summed E-state index contributed by atoms with van der Waals surface area (Å²) >= 11 is 0. The Kier molecular flexibility index (Phi) is 3.47. The number of rotatable bonds is 2. The molecule has 6 nitrogen and oxygen atoms in total. The lowest BCUT2D eigenvalue weighted by Gasteiger charge is -2.19. The lowest BCUT2D eigenvalue weighted by molar-refractivity contribution is -0.385. The van der Waals surface area contributed by atoms with Crippen molar-refractivity contribution in [1.82, 2.24) is 4.90 Å². The van der Waals surface area contributed by atoms with Gasteiger partial charge in [0.15, 0.2) is 0 Å². The van der Waals surface area contributed by atoms with Gasteiger partial charge in [-0.1, -0.05) is 12.1 Å². The van der Waals surface area contributed by atoms with E-state index in [9.17, 15) is 14.9 Å². The summed E-state index contributed by atoms with van der Waals surface area (Å²) in [6.45, 7) is 2.07. The third-order valence-corrected chi connectivity index (χ3v) is 3.31. The van der Waals surface area contributed by atoms with E-state index in [0.717, 1.165) is 6.42 Å². The van der Waals surface area contributed by atoms with Crippen molar-refractivity contribution in [3.05, 3.63) is 39.4 Å². The van der Waals surface area contributed by atoms with Crippen LogP contribution >= 0.6 is 0 Å². The quantitative estimate of drug-likeness (QED) is 0.600. The van der Waals surface area contributed by atoms with Crippen LogP contribution in [0.3, 0.4) is 0 Å². The molecule has 0 N–H and O–H groups in total. The lowest BCUT2D eigenvalue weighted by Crippen LogP contribution is -2.35. The van der Waals surface area contributed by atoms with Gasteiger partial charge in [0.05, 0.1) is 11.0 Å². The van der Waals surface area contributed by atoms with Crippen LogP contribution in [0.4, 0.5) is 5.69 Å². The highest BCUT2D eigenvalue weighted by atomic mass is 16.6. The molecule has 1 heterocycles. The molecule has 1 aromatic rings. The third-order valence-electron chi connectivity index (χ3n) is 3.31. The molecule has 1 aromatic carbocycles. The van der Waals surface area contributed by atoms with Gasteiger partial charge in [0.1, 0.15) is 11.6 Å². The van der Waals surface area contributed by atoms with Gasteiger partial charge >= 0.3 is 0 Å². The summed E-state index contributed by atoms with van der Waals surface area (Å²) in [5, 5.41) is 20.1. The maximum atomic E-state index is 12.4. The number of likely N-dealkylation sites (tertiary alicyclic amines) is 1. The summed E-state index contributed by atoms with van der Waals surface area (Å²) in [4.78, 5) is 24.3. The van der Waals surface area contributed by atoms with E-state index in [4.69, 9.17) is 5.26 Å². The molecule has 0 spiro atoms. The van der Waals surface area contributed by atoms with E-state index in [-0.39, 0.29) is 11.3 Å². The van der Waals surface area contributed by atoms with Crippen LogP contribution in [-0.2, 0) is 0 Å². The first kappa shape index (κ1) is 13.0. The number of carbonyl (C=O) groups excluding carboxylic acids is 1. The third kappa shape index (κ3) is 2.27. The molecule has 1 fully saturated rings.